The minimum atomic E-state index is -0.256. The number of benzene rings is 2. The van der Waals surface area contributed by atoms with Crippen molar-refractivity contribution in [1.29, 1.82) is 0 Å². The summed E-state index contributed by atoms with van der Waals surface area (Å²) >= 11 is 0. The van der Waals surface area contributed by atoms with Gasteiger partial charge in [0.05, 0.1) is 23.5 Å². The van der Waals surface area contributed by atoms with Crippen LogP contribution in [0.25, 0.3) is 16.6 Å². The number of carbonyl (C=O) groups is 1. The average molecular weight is 517 g/mol. The summed E-state index contributed by atoms with van der Waals surface area (Å²) in [5, 5.41) is 8.56. The SMILES string of the molecule is COC1CC(C(CN(CCNC=O)CC2=CCCC=C2)c2cc3cnn(-c4ccc(F)cc4)c3cc2C)C1. The van der Waals surface area contributed by atoms with Gasteiger partial charge in [-0.3, -0.25) is 9.69 Å². The van der Waals surface area contributed by atoms with Crippen molar-refractivity contribution in [2.45, 2.75) is 44.6 Å². The van der Waals surface area contributed by atoms with Gasteiger partial charge in [-0.1, -0.05) is 18.2 Å². The molecule has 1 atom stereocenters. The predicted molar refractivity (Wildman–Crippen MR) is 149 cm³/mol. The summed E-state index contributed by atoms with van der Waals surface area (Å²) in [7, 11) is 1.80. The summed E-state index contributed by atoms with van der Waals surface area (Å²) in [4.78, 5) is 13.4. The Morgan fingerprint density at radius 1 is 1.24 bits per heavy atom. The maximum Gasteiger partial charge on any atom is 0.207 e. The van der Waals surface area contributed by atoms with Gasteiger partial charge in [-0.15, -0.1) is 0 Å². The van der Waals surface area contributed by atoms with E-state index in [0.29, 0.717) is 24.5 Å². The van der Waals surface area contributed by atoms with Crippen molar-refractivity contribution in [3.05, 3.63) is 83.3 Å². The molecular formula is C31H37FN4O2. The topological polar surface area (TPSA) is 59.4 Å². The van der Waals surface area contributed by atoms with E-state index in [9.17, 15) is 9.18 Å². The maximum absolute atomic E-state index is 13.5. The zero-order valence-corrected chi connectivity index (χ0v) is 22.3. The van der Waals surface area contributed by atoms with Crippen molar-refractivity contribution >= 4 is 17.3 Å². The number of hydrogen-bond donors (Lipinski definition) is 1. The second-order valence-electron chi connectivity index (χ2n) is 10.6. The lowest BCUT2D eigenvalue weighted by Crippen LogP contribution is -2.42. The number of rotatable bonds is 12. The normalized spacial score (nSPS) is 19.8. The van der Waals surface area contributed by atoms with Crippen molar-refractivity contribution in [2.75, 3.05) is 33.3 Å². The minimum Gasteiger partial charge on any atom is -0.381 e. The van der Waals surface area contributed by atoms with E-state index >= 15 is 0 Å². The Bertz CT molecular complexity index is 1310. The Morgan fingerprint density at radius 3 is 2.76 bits per heavy atom. The number of carbonyl (C=O) groups excluding carboxylic acids is 1. The highest BCUT2D eigenvalue weighted by molar-refractivity contribution is 5.82. The molecule has 0 radical (unpaired) electrons. The summed E-state index contributed by atoms with van der Waals surface area (Å²) in [6, 6.07) is 11.0. The zero-order valence-electron chi connectivity index (χ0n) is 22.3. The monoisotopic (exact) mass is 516 g/mol. The van der Waals surface area contributed by atoms with Gasteiger partial charge in [0, 0.05) is 38.7 Å². The van der Waals surface area contributed by atoms with Gasteiger partial charge in [0.25, 0.3) is 0 Å². The van der Waals surface area contributed by atoms with E-state index in [2.05, 4.69) is 52.6 Å². The molecule has 0 aliphatic heterocycles. The molecule has 1 aromatic heterocycles. The lowest BCUT2D eigenvalue weighted by Gasteiger charge is -2.42. The maximum atomic E-state index is 13.5. The van der Waals surface area contributed by atoms with E-state index in [4.69, 9.17) is 4.74 Å². The number of nitrogens with one attached hydrogen (secondary N) is 1. The van der Waals surface area contributed by atoms with E-state index in [-0.39, 0.29) is 5.82 Å². The molecule has 7 heteroatoms. The average Bonchev–Trinajstić information content (AvgIpc) is 3.30. The van der Waals surface area contributed by atoms with Gasteiger partial charge in [-0.25, -0.2) is 9.07 Å². The van der Waals surface area contributed by atoms with Gasteiger partial charge in [-0.05, 0) is 97.5 Å². The van der Waals surface area contributed by atoms with Crippen molar-refractivity contribution in [3.63, 3.8) is 0 Å². The third-order valence-electron chi connectivity index (χ3n) is 8.05. The summed E-state index contributed by atoms with van der Waals surface area (Å²) in [6.45, 7) is 5.38. The fraction of sp³-hybridized carbons (Fsp3) is 0.419. The van der Waals surface area contributed by atoms with Crippen molar-refractivity contribution in [3.8, 4) is 5.69 Å². The van der Waals surface area contributed by atoms with Crippen LogP contribution in [0.15, 0.2) is 66.4 Å². The van der Waals surface area contributed by atoms with Crippen LogP contribution >= 0.6 is 0 Å². The number of methoxy groups -OCH3 is 1. The highest BCUT2D eigenvalue weighted by atomic mass is 19.1. The van der Waals surface area contributed by atoms with Crippen LogP contribution in [-0.4, -0.2) is 60.5 Å². The summed E-state index contributed by atoms with van der Waals surface area (Å²) in [5.41, 5.74) is 5.78. The minimum absolute atomic E-state index is 0.256. The Kier molecular flexibility index (Phi) is 8.35. The molecule has 0 saturated heterocycles. The number of aromatic nitrogens is 2. The summed E-state index contributed by atoms with van der Waals surface area (Å²) < 4.78 is 21.0. The molecule has 2 aliphatic carbocycles. The van der Waals surface area contributed by atoms with E-state index in [0.717, 1.165) is 68.3 Å². The van der Waals surface area contributed by atoms with Crippen LogP contribution in [-0.2, 0) is 9.53 Å². The van der Waals surface area contributed by atoms with Gasteiger partial charge in [0.15, 0.2) is 0 Å². The first kappa shape index (κ1) is 26.3. The van der Waals surface area contributed by atoms with E-state index in [1.807, 2.05) is 10.9 Å². The molecule has 0 spiro atoms. The van der Waals surface area contributed by atoms with Crippen LogP contribution in [0.2, 0.25) is 0 Å². The van der Waals surface area contributed by atoms with Gasteiger partial charge in [0.2, 0.25) is 6.41 Å². The second kappa shape index (κ2) is 12.0. The van der Waals surface area contributed by atoms with Gasteiger partial charge in [-0.2, -0.15) is 5.10 Å². The Balaban J connectivity index is 1.45. The molecule has 1 amide bonds. The number of amides is 1. The summed E-state index contributed by atoms with van der Waals surface area (Å²) in [6.07, 6.45) is 14.1. The quantitative estimate of drug-likeness (QED) is 0.262. The molecule has 1 fully saturated rings. The Morgan fingerprint density at radius 2 is 2.05 bits per heavy atom. The standard InChI is InChI=1S/C31H37FN4O2/c1-22-14-31-25(18-34-36(31)27-10-8-26(32)9-11-27)17-29(22)30(24-15-28(16-24)38-2)20-35(13-12-33-21-37)19-23-6-4-3-5-7-23/h4,6-11,14,17-18,21,24,28,30H,3,5,12-13,15-16,19-20H2,1-2H3,(H,33,37). The highest BCUT2D eigenvalue weighted by Crippen LogP contribution is 2.43. The number of fused-ring (bicyclic) bond motifs is 1. The van der Waals surface area contributed by atoms with Crippen molar-refractivity contribution in [2.24, 2.45) is 5.92 Å². The van der Waals surface area contributed by atoms with Crippen LogP contribution in [0.3, 0.4) is 0 Å². The first-order chi connectivity index (χ1) is 18.6. The van der Waals surface area contributed by atoms with E-state index in [1.54, 1.807) is 19.2 Å². The van der Waals surface area contributed by atoms with Gasteiger partial charge >= 0.3 is 0 Å². The number of aryl methyl sites for hydroxylation is 1. The van der Waals surface area contributed by atoms with Gasteiger partial charge < -0.3 is 10.1 Å². The second-order valence-corrected chi connectivity index (χ2v) is 10.6. The van der Waals surface area contributed by atoms with Crippen LogP contribution in [0.5, 0.6) is 0 Å². The summed E-state index contributed by atoms with van der Waals surface area (Å²) in [5.74, 6) is 0.610. The number of nitrogens with zero attached hydrogens (tertiary/aromatic N) is 3. The predicted octanol–water partition coefficient (Wildman–Crippen LogP) is 5.31. The third-order valence-corrected chi connectivity index (χ3v) is 8.05. The molecule has 1 saturated carbocycles. The third kappa shape index (κ3) is 5.89. The first-order valence-electron chi connectivity index (χ1n) is 13.6. The number of halogens is 1. The van der Waals surface area contributed by atoms with Crippen LogP contribution < -0.4 is 5.32 Å². The van der Waals surface area contributed by atoms with Crippen LogP contribution in [0.1, 0.15) is 42.7 Å². The van der Waals surface area contributed by atoms with Crippen LogP contribution in [0, 0.1) is 18.7 Å². The first-order valence-corrected chi connectivity index (χ1v) is 13.6. The molecule has 1 unspecified atom stereocenters. The number of allylic oxidation sites excluding steroid dienone is 2. The molecule has 2 aromatic carbocycles. The molecule has 0 bridgehead atoms. The van der Waals surface area contributed by atoms with Crippen molar-refractivity contribution in [1.82, 2.24) is 20.0 Å². The van der Waals surface area contributed by atoms with E-state index < -0.39 is 0 Å². The fourth-order valence-electron chi connectivity index (χ4n) is 5.85. The van der Waals surface area contributed by atoms with Crippen LogP contribution in [0.4, 0.5) is 4.39 Å². The Hall–Kier alpha value is -3.29. The molecule has 1 N–H and O–H groups in total. The molecule has 38 heavy (non-hydrogen) atoms. The molecular weight excluding hydrogens is 479 g/mol. The molecule has 6 nitrogen and oxygen atoms in total. The Labute approximate surface area is 224 Å². The molecule has 200 valence electrons. The lowest BCUT2D eigenvalue weighted by molar-refractivity contribution is -0.109. The fourth-order valence-corrected chi connectivity index (χ4v) is 5.85. The largest absolute Gasteiger partial charge is 0.381 e. The lowest BCUT2D eigenvalue weighted by atomic mass is 9.70. The highest BCUT2D eigenvalue weighted by Gasteiger charge is 2.37. The molecule has 5 rings (SSSR count). The molecule has 3 aromatic rings. The zero-order chi connectivity index (χ0) is 26.5. The molecule has 1 heterocycles. The number of hydrogen-bond acceptors (Lipinski definition) is 4. The van der Waals surface area contributed by atoms with Gasteiger partial charge in [0.1, 0.15) is 5.82 Å². The smallest absolute Gasteiger partial charge is 0.207 e. The molecule has 2 aliphatic rings. The number of ether oxygens (including phenoxy) is 1. The van der Waals surface area contributed by atoms with Crippen molar-refractivity contribution < 1.29 is 13.9 Å². The van der Waals surface area contributed by atoms with E-state index in [1.165, 1.54) is 28.8 Å².